The monoisotopic (exact) mass is 422 g/mol. The number of likely N-dealkylation sites (N-methyl/N-ethyl adjacent to an activating group) is 1. The third kappa shape index (κ3) is 5.19. The number of hydrogen-bond donors (Lipinski definition) is 1. The Morgan fingerprint density at radius 1 is 0.967 bits per heavy atom. The minimum Gasteiger partial charge on any atom is -0.355 e. The first-order chi connectivity index (χ1) is 14.5. The molecule has 30 heavy (non-hydrogen) atoms. The van der Waals surface area contributed by atoms with Crippen LogP contribution < -0.4 is 5.32 Å². The molecule has 1 unspecified atom stereocenters. The Bertz CT molecular complexity index is 1030. The van der Waals surface area contributed by atoms with Crippen molar-refractivity contribution >= 4 is 34.2 Å². The van der Waals surface area contributed by atoms with Gasteiger partial charge in [0.05, 0.1) is 0 Å². The van der Waals surface area contributed by atoms with Crippen molar-refractivity contribution in [1.82, 2.24) is 10.2 Å². The number of rotatable bonds is 8. The van der Waals surface area contributed by atoms with Crippen LogP contribution in [0.1, 0.15) is 31.4 Å². The number of nitrogens with one attached hydrogen (secondary N) is 1. The molecular weight excluding hydrogens is 396 g/mol. The second-order valence-corrected chi connectivity index (χ2v) is 7.73. The molecular formula is C25H27ClN2O2. The van der Waals surface area contributed by atoms with Crippen LogP contribution in [0.2, 0.25) is 5.02 Å². The quantitative estimate of drug-likeness (QED) is 0.556. The van der Waals surface area contributed by atoms with Gasteiger partial charge in [0.25, 0.3) is 0 Å². The Morgan fingerprint density at radius 2 is 1.63 bits per heavy atom. The molecule has 0 aliphatic rings. The maximum atomic E-state index is 13.2. The van der Waals surface area contributed by atoms with E-state index in [2.05, 4.69) is 29.6 Å². The van der Waals surface area contributed by atoms with E-state index in [4.69, 9.17) is 11.6 Å². The van der Waals surface area contributed by atoms with Crippen LogP contribution >= 0.6 is 11.6 Å². The van der Waals surface area contributed by atoms with Crippen molar-refractivity contribution in [3.8, 4) is 0 Å². The molecule has 1 N–H and O–H groups in total. The zero-order valence-electron chi connectivity index (χ0n) is 17.4. The molecule has 156 valence electrons. The molecule has 3 aromatic carbocycles. The van der Waals surface area contributed by atoms with Gasteiger partial charge in [-0.15, -0.1) is 0 Å². The Balaban J connectivity index is 1.80. The average molecular weight is 423 g/mol. The Hall–Kier alpha value is -2.85. The Labute approximate surface area is 182 Å². The van der Waals surface area contributed by atoms with Gasteiger partial charge in [-0.3, -0.25) is 9.59 Å². The van der Waals surface area contributed by atoms with E-state index in [1.54, 1.807) is 17.9 Å². The number of aryl methyl sites for hydroxylation is 1. The third-order valence-electron chi connectivity index (χ3n) is 5.30. The van der Waals surface area contributed by atoms with Crippen LogP contribution in [0.15, 0.2) is 66.7 Å². The Kier molecular flexibility index (Phi) is 7.47. The van der Waals surface area contributed by atoms with Crippen LogP contribution in [-0.2, 0) is 22.6 Å². The van der Waals surface area contributed by atoms with Crippen molar-refractivity contribution in [3.63, 3.8) is 0 Å². The van der Waals surface area contributed by atoms with Gasteiger partial charge < -0.3 is 10.2 Å². The summed E-state index contributed by atoms with van der Waals surface area (Å²) in [6, 6.07) is 21.2. The predicted octanol–water partition coefficient (Wildman–Crippen LogP) is 4.98. The summed E-state index contributed by atoms with van der Waals surface area (Å²) in [7, 11) is 0. The normalized spacial score (nSPS) is 11.8. The van der Waals surface area contributed by atoms with E-state index in [1.165, 1.54) is 0 Å². The predicted molar refractivity (Wildman–Crippen MR) is 122 cm³/mol. The minimum atomic E-state index is -0.582. The van der Waals surface area contributed by atoms with Gasteiger partial charge in [-0.05, 0) is 48.2 Å². The molecule has 0 bridgehead atoms. The fraction of sp³-hybridized carbons (Fsp3) is 0.280. The van der Waals surface area contributed by atoms with Gasteiger partial charge >= 0.3 is 0 Å². The van der Waals surface area contributed by atoms with Crippen LogP contribution in [0.4, 0.5) is 0 Å². The van der Waals surface area contributed by atoms with E-state index in [1.807, 2.05) is 43.3 Å². The molecule has 0 aliphatic carbocycles. The molecule has 0 saturated carbocycles. The van der Waals surface area contributed by atoms with Crippen LogP contribution in [-0.4, -0.2) is 29.3 Å². The smallest absolute Gasteiger partial charge is 0.242 e. The largest absolute Gasteiger partial charge is 0.355 e. The van der Waals surface area contributed by atoms with Crippen LogP contribution in [0.25, 0.3) is 10.8 Å². The lowest BCUT2D eigenvalue weighted by molar-refractivity contribution is -0.140. The molecule has 5 heteroatoms. The summed E-state index contributed by atoms with van der Waals surface area (Å²) in [5, 5.41) is 5.72. The Morgan fingerprint density at radius 3 is 2.40 bits per heavy atom. The molecule has 0 aliphatic heterocycles. The van der Waals surface area contributed by atoms with Crippen molar-refractivity contribution < 1.29 is 9.59 Å². The van der Waals surface area contributed by atoms with Gasteiger partial charge in [-0.25, -0.2) is 0 Å². The lowest BCUT2D eigenvalue weighted by Gasteiger charge is -2.29. The molecule has 1 atom stereocenters. The number of nitrogens with zero attached hydrogens (tertiary/aromatic N) is 1. The molecule has 4 nitrogen and oxygen atoms in total. The van der Waals surface area contributed by atoms with Crippen LogP contribution in [0, 0.1) is 0 Å². The molecule has 0 spiro atoms. The topological polar surface area (TPSA) is 49.4 Å². The molecule has 0 heterocycles. The summed E-state index contributed by atoms with van der Waals surface area (Å²) in [4.78, 5) is 27.3. The highest BCUT2D eigenvalue weighted by Crippen LogP contribution is 2.22. The molecule has 2 amide bonds. The first-order valence-corrected chi connectivity index (χ1v) is 10.7. The van der Waals surface area contributed by atoms with Gasteiger partial charge in [0.15, 0.2) is 0 Å². The van der Waals surface area contributed by atoms with E-state index < -0.39 is 6.04 Å². The van der Waals surface area contributed by atoms with Gasteiger partial charge in [0.1, 0.15) is 6.04 Å². The maximum absolute atomic E-state index is 13.2. The van der Waals surface area contributed by atoms with Crippen molar-refractivity contribution in [3.05, 3.63) is 82.9 Å². The summed E-state index contributed by atoms with van der Waals surface area (Å²) in [6.07, 6.45) is 0.934. The highest BCUT2D eigenvalue weighted by molar-refractivity contribution is 6.31. The third-order valence-corrected chi connectivity index (χ3v) is 5.67. The summed E-state index contributed by atoms with van der Waals surface area (Å²) in [5.74, 6) is -0.232. The second-order valence-electron chi connectivity index (χ2n) is 7.32. The summed E-state index contributed by atoms with van der Waals surface area (Å²) in [6.45, 7) is 4.45. The SMILES string of the molecule is CCNC(=O)C(C)N(Cc1ccccc1Cl)C(=O)CCc1cccc2ccccc12. The summed E-state index contributed by atoms with van der Waals surface area (Å²) < 4.78 is 0. The number of benzene rings is 3. The number of carbonyl (C=O) groups excluding carboxylic acids is 2. The summed E-state index contributed by atoms with van der Waals surface area (Å²) >= 11 is 6.32. The molecule has 0 aromatic heterocycles. The van der Waals surface area contributed by atoms with Gasteiger partial charge in [-0.1, -0.05) is 72.3 Å². The molecule has 3 aromatic rings. The first kappa shape index (κ1) is 21.8. The van der Waals surface area contributed by atoms with E-state index in [-0.39, 0.29) is 11.8 Å². The van der Waals surface area contributed by atoms with Crippen molar-refractivity contribution in [2.45, 2.75) is 39.3 Å². The maximum Gasteiger partial charge on any atom is 0.242 e. The average Bonchev–Trinajstić information content (AvgIpc) is 2.76. The van der Waals surface area contributed by atoms with E-state index in [0.29, 0.717) is 31.0 Å². The fourth-order valence-corrected chi connectivity index (χ4v) is 3.81. The highest BCUT2D eigenvalue weighted by atomic mass is 35.5. The van der Waals surface area contributed by atoms with E-state index in [0.717, 1.165) is 21.9 Å². The molecule has 3 rings (SSSR count). The lowest BCUT2D eigenvalue weighted by Crippen LogP contribution is -2.47. The number of halogens is 1. The molecule has 0 fully saturated rings. The van der Waals surface area contributed by atoms with Gasteiger partial charge in [-0.2, -0.15) is 0 Å². The van der Waals surface area contributed by atoms with Crippen molar-refractivity contribution in [2.24, 2.45) is 0 Å². The van der Waals surface area contributed by atoms with Crippen LogP contribution in [0.3, 0.4) is 0 Å². The number of hydrogen-bond acceptors (Lipinski definition) is 2. The lowest BCUT2D eigenvalue weighted by atomic mass is 10.0. The van der Waals surface area contributed by atoms with Gasteiger partial charge in [0.2, 0.25) is 11.8 Å². The van der Waals surface area contributed by atoms with Crippen LogP contribution in [0.5, 0.6) is 0 Å². The highest BCUT2D eigenvalue weighted by Gasteiger charge is 2.26. The van der Waals surface area contributed by atoms with E-state index >= 15 is 0 Å². The number of carbonyl (C=O) groups is 2. The number of amides is 2. The fourth-order valence-electron chi connectivity index (χ4n) is 3.61. The van der Waals surface area contributed by atoms with E-state index in [9.17, 15) is 9.59 Å². The minimum absolute atomic E-state index is 0.0680. The summed E-state index contributed by atoms with van der Waals surface area (Å²) in [5.41, 5.74) is 1.96. The van der Waals surface area contributed by atoms with Crippen molar-refractivity contribution in [1.29, 1.82) is 0 Å². The van der Waals surface area contributed by atoms with Crippen molar-refractivity contribution in [2.75, 3.05) is 6.54 Å². The number of fused-ring (bicyclic) bond motifs is 1. The first-order valence-electron chi connectivity index (χ1n) is 10.3. The second kappa shape index (κ2) is 10.3. The van der Waals surface area contributed by atoms with Gasteiger partial charge in [0, 0.05) is 24.5 Å². The molecule has 0 radical (unpaired) electrons. The zero-order valence-corrected chi connectivity index (χ0v) is 18.2. The standard InChI is InChI=1S/C25H27ClN2O2/c1-3-27-25(30)18(2)28(17-21-10-5-7-14-23(21)26)24(29)16-15-20-12-8-11-19-9-4-6-13-22(19)20/h4-14,18H,3,15-17H2,1-2H3,(H,27,30). The zero-order chi connectivity index (χ0) is 21.5. The molecule has 0 saturated heterocycles.